The molecule has 0 fully saturated rings. The van der Waals surface area contributed by atoms with Gasteiger partial charge in [0.25, 0.3) is 0 Å². The predicted octanol–water partition coefficient (Wildman–Crippen LogP) is 4.57. The lowest BCUT2D eigenvalue weighted by Crippen LogP contribution is -2.05. The molecule has 0 saturated carbocycles. The normalized spacial score (nSPS) is 10.5. The second-order valence-corrected chi connectivity index (χ2v) is 8.89. The molecule has 0 unspecified atom stereocenters. The highest BCUT2D eigenvalue weighted by molar-refractivity contribution is 8.00. The topological polar surface area (TPSA) is 114 Å². The fourth-order valence-electron chi connectivity index (χ4n) is 2.32. The van der Waals surface area contributed by atoms with E-state index >= 15 is 0 Å². The van der Waals surface area contributed by atoms with Gasteiger partial charge in [0.05, 0.1) is 12.2 Å². The van der Waals surface area contributed by atoms with Crippen molar-refractivity contribution in [3.8, 4) is 6.07 Å². The van der Waals surface area contributed by atoms with Crippen LogP contribution >= 0.6 is 34.4 Å². The average Bonchev–Trinajstić information content (AvgIpc) is 3.25. The molecule has 0 radical (unpaired) electrons. The van der Waals surface area contributed by atoms with Gasteiger partial charge in [-0.3, -0.25) is 0 Å². The van der Waals surface area contributed by atoms with E-state index in [1.165, 1.54) is 28.7 Å². The molecule has 0 saturated heterocycles. The number of nitrogens with zero attached hydrogens (tertiary/aromatic N) is 3. The molecule has 0 aliphatic rings. The minimum absolute atomic E-state index is 0.259. The maximum Gasteiger partial charge on any atom is 0.348 e. The zero-order valence-corrected chi connectivity index (χ0v) is 17.6. The minimum atomic E-state index is -0.463. The third kappa shape index (κ3) is 4.62. The summed E-state index contributed by atoms with van der Waals surface area (Å²) in [4.78, 5) is 12.5. The van der Waals surface area contributed by atoms with E-state index in [0.29, 0.717) is 31.9 Å². The van der Waals surface area contributed by atoms with Gasteiger partial charge in [0.15, 0.2) is 4.34 Å². The summed E-state index contributed by atoms with van der Waals surface area (Å²) in [6, 6.07) is 10.1. The third-order valence-electron chi connectivity index (χ3n) is 3.66. The molecule has 0 atom stereocenters. The van der Waals surface area contributed by atoms with Gasteiger partial charge in [-0.1, -0.05) is 40.8 Å². The molecule has 2 aromatic heterocycles. The van der Waals surface area contributed by atoms with E-state index in [0.717, 1.165) is 21.4 Å². The van der Waals surface area contributed by atoms with Crippen LogP contribution in [0.5, 0.6) is 0 Å². The molecule has 28 heavy (non-hydrogen) atoms. The number of esters is 1. The van der Waals surface area contributed by atoms with E-state index in [-0.39, 0.29) is 6.61 Å². The van der Waals surface area contributed by atoms with E-state index in [1.807, 2.05) is 31.2 Å². The Hall–Kier alpha value is -2.61. The van der Waals surface area contributed by atoms with Crippen molar-refractivity contribution in [2.75, 3.05) is 17.7 Å². The largest absolute Gasteiger partial charge is 0.462 e. The van der Waals surface area contributed by atoms with Crippen LogP contribution in [0.1, 0.15) is 33.3 Å². The zero-order valence-electron chi connectivity index (χ0n) is 15.2. The number of aromatic nitrogens is 2. The Labute approximate surface area is 174 Å². The van der Waals surface area contributed by atoms with Crippen molar-refractivity contribution >= 4 is 56.2 Å². The van der Waals surface area contributed by atoms with Crippen molar-refractivity contribution in [2.24, 2.45) is 0 Å². The maximum atomic E-state index is 12.2. The molecule has 0 aliphatic carbocycles. The number of nitrogens with two attached hydrogens (primary N) is 1. The monoisotopic (exact) mass is 431 g/mol. The summed E-state index contributed by atoms with van der Waals surface area (Å²) in [6.45, 7) is 4.02. The van der Waals surface area contributed by atoms with Crippen LogP contribution in [0.4, 0.5) is 15.8 Å². The van der Waals surface area contributed by atoms with Gasteiger partial charge in [-0.15, -0.1) is 21.5 Å². The van der Waals surface area contributed by atoms with E-state index < -0.39 is 5.97 Å². The van der Waals surface area contributed by atoms with Crippen LogP contribution in [-0.4, -0.2) is 22.8 Å². The Morgan fingerprint density at radius 2 is 2.07 bits per heavy atom. The second-order valence-electron chi connectivity index (χ2n) is 5.63. The number of ether oxygens (including phenoxy) is 1. The molecule has 0 aliphatic heterocycles. The molecule has 7 nitrogen and oxygen atoms in total. The first-order chi connectivity index (χ1) is 13.5. The molecule has 2 heterocycles. The number of benzene rings is 1. The smallest absolute Gasteiger partial charge is 0.348 e. The predicted molar refractivity (Wildman–Crippen MR) is 113 cm³/mol. The summed E-state index contributed by atoms with van der Waals surface area (Å²) in [7, 11) is 0. The molecule has 3 rings (SSSR count). The number of anilines is 3. The lowest BCUT2D eigenvalue weighted by molar-refractivity contribution is 0.0531. The highest BCUT2D eigenvalue weighted by Gasteiger charge is 2.23. The number of hydrogen-bond donors (Lipinski definition) is 2. The van der Waals surface area contributed by atoms with E-state index in [4.69, 9.17) is 10.5 Å². The van der Waals surface area contributed by atoms with Crippen LogP contribution in [-0.2, 0) is 10.5 Å². The summed E-state index contributed by atoms with van der Waals surface area (Å²) in [5, 5.41) is 21.9. The number of rotatable bonds is 7. The Morgan fingerprint density at radius 1 is 1.32 bits per heavy atom. The lowest BCUT2D eigenvalue weighted by Gasteiger charge is -2.03. The Balaban J connectivity index is 1.72. The number of thiophene rings is 1. The van der Waals surface area contributed by atoms with E-state index in [9.17, 15) is 10.1 Å². The Morgan fingerprint density at radius 3 is 2.75 bits per heavy atom. The number of thioether (sulfide) groups is 1. The van der Waals surface area contributed by atoms with Crippen molar-refractivity contribution in [1.29, 1.82) is 5.26 Å². The van der Waals surface area contributed by atoms with Crippen LogP contribution in [0, 0.1) is 18.3 Å². The highest BCUT2D eigenvalue weighted by atomic mass is 32.2. The summed E-state index contributed by atoms with van der Waals surface area (Å²) < 4.78 is 5.79. The zero-order chi connectivity index (χ0) is 20.1. The van der Waals surface area contributed by atoms with Crippen molar-refractivity contribution in [1.82, 2.24) is 10.2 Å². The first kappa shape index (κ1) is 20.1. The van der Waals surface area contributed by atoms with Gasteiger partial charge >= 0.3 is 5.97 Å². The molecule has 0 spiro atoms. The molecule has 1 aromatic carbocycles. The molecule has 3 aromatic rings. The standard InChI is InChI=1S/C18H17N5O2S3/c1-3-25-16(24)14-13(12(8-19)15(20)27-14)9-26-18-23-22-17(28-18)21-11-6-4-10(2)5-7-11/h4-7H,3,9,20H2,1-2H3,(H,21,22). The van der Waals surface area contributed by atoms with Crippen LogP contribution < -0.4 is 11.1 Å². The van der Waals surface area contributed by atoms with Gasteiger partial charge in [0.1, 0.15) is 15.9 Å². The minimum Gasteiger partial charge on any atom is -0.462 e. The second kappa shape index (κ2) is 9.05. The Bertz CT molecular complexity index is 1020. The summed E-state index contributed by atoms with van der Waals surface area (Å²) >= 11 is 3.87. The van der Waals surface area contributed by atoms with Crippen LogP contribution in [0.25, 0.3) is 0 Å². The van der Waals surface area contributed by atoms with Crippen molar-refractivity contribution < 1.29 is 9.53 Å². The first-order valence-corrected chi connectivity index (χ1v) is 10.9. The molecular weight excluding hydrogens is 414 g/mol. The van der Waals surface area contributed by atoms with Crippen molar-refractivity contribution in [3.05, 3.63) is 45.8 Å². The van der Waals surface area contributed by atoms with Crippen LogP contribution in [0.3, 0.4) is 0 Å². The van der Waals surface area contributed by atoms with E-state index in [1.54, 1.807) is 6.92 Å². The summed E-state index contributed by atoms with van der Waals surface area (Å²) in [5.41, 5.74) is 8.91. The average molecular weight is 432 g/mol. The number of carbonyl (C=O) groups excluding carboxylic acids is 1. The molecule has 3 N–H and O–H groups in total. The lowest BCUT2D eigenvalue weighted by atomic mass is 10.2. The number of nitriles is 1. The quantitative estimate of drug-likeness (QED) is 0.413. The van der Waals surface area contributed by atoms with Gasteiger partial charge in [-0.05, 0) is 26.0 Å². The first-order valence-electron chi connectivity index (χ1n) is 8.30. The van der Waals surface area contributed by atoms with Crippen molar-refractivity contribution in [3.63, 3.8) is 0 Å². The van der Waals surface area contributed by atoms with E-state index in [2.05, 4.69) is 21.6 Å². The summed E-state index contributed by atoms with van der Waals surface area (Å²) in [5.74, 6) is -0.0838. The number of hydrogen-bond acceptors (Lipinski definition) is 10. The number of aryl methyl sites for hydroxylation is 1. The van der Waals surface area contributed by atoms with Gasteiger partial charge < -0.3 is 15.8 Å². The van der Waals surface area contributed by atoms with Gasteiger partial charge in [-0.2, -0.15) is 5.26 Å². The number of nitrogen functional groups attached to an aromatic ring is 1. The molecular formula is C18H17N5O2S3. The van der Waals surface area contributed by atoms with Crippen LogP contribution in [0.15, 0.2) is 28.6 Å². The van der Waals surface area contributed by atoms with Gasteiger partial charge in [0, 0.05) is 17.0 Å². The summed E-state index contributed by atoms with van der Waals surface area (Å²) in [6.07, 6.45) is 0. The molecule has 0 amide bonds. The van der Waals surface area contributed by atoms with Gasteiger partial charge in [-0.25, -0.2) is 4.79 Å². The van der Waals surface area contributed by atoms with Crippen LogP contribution in [0.2, 0.25) is 0 Å². The fraction of sp³-hybridized carbons (Fsp3) is 0.222. The SMILES string of the molecule is CCOC(=O)c1sc(N)c(C#N)c1CSc1nnc(Nc2ccc(C)cc2)s1. The molecule has 10 heteroatoms. The highest BCUT2D eigenvalue weighted by Crippen LogP contribution is 2.37. The van der Waals surface area contributed by atoms with Gasteiger partial charge in [0.2, 0.25) is 5.13 Å². The third-order valence-corrected chi connectivity index (χ3v) is 6.70. The maximum absolute atomic E-state index is 12.2. The Kier molecular flexibility index (Phi) is 6.51. The van der Waals surface area contributed by atoms with Crippen molar-refractivity contribution in [2.45, 2.75) is 23.9 Å². The fourth-order valence-corrected chi connectivity index (χ4v) is 5.14. The molecule has 0 bridgehead atoms. The number of nitrogens with one attached hydrogen (secondary N) is 1. The number of carbonyl (C=O) groups is 1. The molecule has 144 valence electrons.